The maximum absolute atomic E-state index is 12.7. The average molecular weight is 330 g/mol. The average Bonchev–Trinajstić information content (AvgIpc) is 3.01. The van der Waals surface area contributed by atoms with Crippen LogP contribution in [-0.4, -0.2) is 18.9 Å². The molecule has 0 spiro atoms. The molecule has 0 N–H and O–H groups in total. The minimum Gasteiger partial charge on any atom is -0.371 e. The molecule has 0 atom stereocenters. The fraction of sp³-hybridized carbons (Fsp3) is 0.235. The standard InChI is InChI=1S/C17H16BrNO/c18-14-8-9-16(19-10-4-5-11-19)15(12-14)17(20)13-6-2-1-3-7-13/h1-3,6-9,12H,4-5,10-11H2. The molecular formula is C17H16BrNO. The van der Waals surface area contributed by atoms with Gasteiger partial charge in [-0.1, -0.05) is 46.3 Å². The van der Waals surface area contributed by atoms with Crippen LogP contribution >= 0.6 is 15.9 Å². The molecule has 0 amide bonds. The normalized spacial score (nSPS) is 14.6. The van der Waals surface area contributed by atoms with Crippen molar-refractivity contribution in [2.24, 2.45) is 0 Å². The van der Waals surface area contributed by atoms with Crippen LogP contribution < -0.4 is 4.90 Å². The first kappa shape index (κ1) is 13.4. The number of hydrogen-bond donors (Lipinski definition) is 0. The van der Waals surface area contributed by atoms with Gasteiger partial charge in [0.25, 0.3) is 0 Å². The second-order valence-corrected chi connectivity index (χ2v) is 5.97. The molecule has 20 heavy (non-hydrogen) atoms. The molecule has 2 nitrogen and oxygen atoms in total. The highest BCUT2D eigenvalue weighted by Gasteiger charge is 2.20. The number of benzene rings is 2. The van der Waals surface area contributed by atoms with Crippen molar-refractivity contribution in [2.75, 3.05) is 18.0 Å². The van der Waals surface area contributed by atoms with Crippen LogP contribution in [0.25, 0.3) is 0 Å². The Labute approximate surface area is 127 Å². The number of anilines is 1. The van der Waals surface area contributed by atoms with Gasteiger partial charge >= 0.3 is 0 Å². The topological polar surface area (TPSA) is 20.3 Å². The molecule has 0 aliphatic carbocycles. The smallest absolute Gasteiger partial charge is 0.195 e. The van der Waals surface area contributed by atoms with Crippen molar-refractivity contribution in [2.45, 2.75) is 12.8 Å². The van der Waals surface area contributed by atoms with E-state index >= 15 is 0 Å². The van der Waals surface area contributed by atoms with Gasteiger partial charge in [0.2, 0.25) is 0 Å². The van der Waals surface area contributed by atoms with Crippen LogP contribution in [-0.2, 0) is 0 Å². The molecule has 1 aliphatic rings. The van der Waals surface area contributed by atoms with E-state index in [4.69, 9.17) is 0 Å². The van der Waals surface area contributed by atoms with Crippen LogP contribution in [0.4, 0.5) is 5.69 Å². The SMILES string of the molecule is O=C(c1ccccc1)c1cc(Br)ccc1N1CCCC1. The number of ketones is 1. The van der Waals surface area contributed by atoms with Crippen LogP contribution in [0, 0.1) is 0 Å². The summed E-state index contributed by atoms with van der Waals surface area (Å²) in [6, 6.07) is 15.5. The van der Waals surface area contributed by atoms with Gasteiger partial charge in [-0.2, -0.15) is 0 Å². The molecule has 3 rings (SSSR count). The molecule has 102 valence electrons. The molecule has 2 aromatic carbocycles. The zero-order valence-electron chi connectivity index (χ0n) is 11.2. The van der Waals surface area contributed by atoms with E-state index in [1.54, 1.807) is 0 Å². The van der Waals surface area contributed by atoms with E-state index in [0.29, 0.717) is 0 Å². The molecule has 0 radical (unpaired) electrons. The lowest BCUT2D eigenvalue weighted by Crippen LogP contribution is -2.20. The van der Waals surface area contributed by atoms with Gasteiger partial charge in [-0.3, -0.25) is 4.79 Å². The summed E-state index contributed by atoms with van der Waals surface area (Å²) in [4.78, 5) is 15.0. The molecule has 0 aromatic heterocycles. The molecule has 2 aromatic rings. The molecule has 1 aliphatic heterocycles. The molecule has 1 fully saturated rings. The first-order valence-corrected chi connectivity index (χ1v) is 7.69. The molecule has 0 bridgehead atoms. The Morgan fingerprint density at radius 3 is 2.40 bits per heavy atom. The summed E-state index contributed by atoms with van der Waals surface area (Å²) in [5.74, 6) is 0.0915. The van der Waals surface area contributed by atoms with Crippen molar-refractivity contribution in [3.05, 3.63) is 64.1 Å². The van der Waals surface area contributed by atoms with Crippen LogP contribution in [0.5, 0.6) is 0 Å². The molecule has 0 unspecified atom stereocenters. The minimum atomic E-state index is 0.0915. The molecule has 1 heterocycles. The molecule has 1 saturated heterocycles. The molecule has 3 heteroatoms. The van der Waals surface area contributed by atoms with Gasteiger partial charge in [0.1, 0.15) is 0 Å². The van der Waals surface area contributed by atoms with Gasteiger partial charge in [-0.25, -0.2) is 0 Å². The van der Waals surface area contributed by atoms with E-state index in [1.165, 1.54) is 12.8 Å². The van der Waals surface area contributed by atoms with Gasteiger partial charge in [-0.05, 0) is 31.0 Å². The van der Waals surface area contributed by atoms with E-state index in [9.17, 15) is 4.79 Å². The number of hydrogen-bond acceptors (Lipinski definition) is 2. The highest BCUT2D eigenvalue weighted by atomic mass is 79.9. The van der Waals surface area contributed by atoms with Crippen LogP contribution in [0.3, 0.4) is 0 Å². The third-order valence-corrected chi connectivity index (χ3v) is 4.18. The quantitative estimate of drug-likeness (QED) is 0.783. The minimum absolute atomic E-state index is 0.0915. The fourth-order valence-corrected chi connectivity index (χ4v) is 3.03. The lowest BCUT2D eigenvalue weighted by molar-refractivity contribution is 0.103. The number of halogens is 1. The summed E-state index contributed by atoms with van der Waals surface area (Å²) in [5.41, 5.74) is 2.58. The predicted octanol–water partition coefficient (Wildman–Crippen LogP) is 4.28. The second kappa shape index (κ2) is 5.80. The Hall–Kier alpha value is -1.61. The lowest BCUT2D eigenvalue weighted by atomic mass is 10.0. The predicted molar refractivity (Wildman–Crippen MR) is 85.5 cm³/mol. The van der Waals surface area contributed by atoms with Crippen molar-refractivity contribution >= 4 is 27.4 Å². The lowest BCUT2D eigenvalue weighted by Gasteiger charge is -2.21. The number of carbonyl (C=O) groups excluding carboxylic acids is 1. The second-order valence-electron chi connectivity index (χ2n) is 5.05. The van der Waals surface area contributed by atoms with Crippen molar-refractivity contribution < 1.29 is 4.79 Å². The zero-order chi connectivity index (χ0) is 13.9. The van der Waals surface area contributed by atoms with Gasteiger partial charge in [0.15, 0.2) is 5.78 Å². The first-order valence-electron chi connectivity index (χ1n) is 6.90. The Balaban J connectivity index is 2.03. The van der Waals surface area contributed by atoms with Crippen molar-refractivity contribution in [3.8, 4) is 0 Å². The van der Waals surface area contributed by atoms with E-state index in [0.717, 1.165) is 34.4 Å². The number of carbonyl (C=O) groups is 1. The van der Waals surface area contributed by atoms with Crippen molar-refractivity contribution in [1.82, 2.24) is 0 Å². The summed E-state index contributed by atoms with van der Waals surface area (Å²) in [6.07, 6.45) is 2.41. The summed E-state index contributed by atoms with van der Waals surface area (Å²) in [7, 11) is 0. The highest BCUT2D eigenvalue weighted by molar-refractivity contribution is 9.10. The van der Waals surface area contributed by atoms with Crippen LogP contribution in [0.2, 0.25) is 0 Å². The maximum Gasteiger partial charge on any atom is 0.195 e. The number of rotatable bonds is 3. The third-order valence-electron chi connectivity index (χ3n) is 3.69. The van der Waals surface area contributed by atoms with Gasteiger partial charge in [-0.15, -0.1) is 0 Å². The van der Waals surface area contributed by atoms with Crippen molar-refractivity contribution in [3.63, 3.8) is 0 Å². The fourth-order valence-electron chi connectivity index (χ4n) is 2.67. The largest absolute Gasteiger partial charge is 0.371 e. The zero-order valence-corrected chi connectivity index (χ0v) is 12.8. The molecule has 0 saturated carbocycles. The summed E-state index contributed by atoms with van der Waals surface area (Å²) < 4.78 is 0.944. The van der Waals surface area contributed by atoms with Crippen molar-refractivity contribution in [1.29, 1.82) is 0 Å². The third kappa shape index (κ3) is 2.63. The number of nitrogens with zero attached hydrogens (tertiary/aromatic N) is 1. The van der Waals surface area contributed by atoms with E-state index in [2.05, 4.69) is 20.8 Å². The monoisotopic (exact) mass is 329 g/mol. The highest BCUT2D eigenvalue weighted by Crippen LogP contribution is 2.29. The van der Waals surface area contributed by atoms with Crippen LogP contribution in [0.15, 0.2) is 53.0 Å². The van der Waals surface area contributed by atoms with Gasteiger partial charge in [0, 0.05) is 34.4 Å². The first-order chi connectivity index (χ1) is 9.75. The Kier molecular flexibility index (Phi) is 3.88. The summed E-state index contributed by atoms with van der Waals surface area (Å²) in [6.45, 7) is 2.08. The molecular weight excluding hydrogens is 314 g/mol. The van der Waals surface area contributed by atoms with Gasteiger partial charge < -0.3 is 4.90 Å². The Bertz CT molecular complexity index is 618. The maximum atomic E-state index is 12.7. The summed E-state index contributed by atoms with van der Waals surface area (Å²) in [5, 5.41) is 0. The summed E-state index contributed by atoms with van der Waals surface area (Å²) >= 11 is 3.48. The van der Waals surface area contributed by atoms with E-state index in [1.807, 2.05) is 48.5 Å². The van der Waals surface area contributed by atoms with E-state index in [-0.39, 0.29) is 5.78 Å². The van der Waals surface area contributed by atoms with Gasteiger partial charge in [0.05, 0.1) is 0 Å². The van der Waals surface area contributed by atoms with Crippen LogP contribution in [0.1, 0.15) is 28.8 Å². The van der Waals surface area contributed by atoms with E-state index < -0.39 is 0 Å². The Morgan fingerprint density at radius 2 is 1.70 bits per heavy atom. The Morgan fingerprint density at radius 1 is 1.00 bits per heavy atom.